The highest BCUT2D eigenvalue weighted by Crippen LogP contribution is 2.41. The van der Waals surface area contributed by atoms with E-state index in [9.17, 15) is 9.59 Å². The number of hydrogen-bond donors (Lipinski definition) is 0. The largest absolute Gasteiger partial charge is 0.465 e. The molecule has 1 aliphatic rings. The number of esters is 1. The SMILES string of the molecule is CCCCN1C(=O)[C@@H](C(=O)OCC)[C@H](c2ccccc2)n2c1nc1ccccc12. The number of imidazole rings is 1. The molecule has 1 aromatic heterocycles. The lowest BCUT2D eigenvalue weighted by molar-refractivity contribution is -0.153. The highest BCUT2D eigenvalue weighted by atomic mass is 16.5. The van der Waals surface area contributed by atoms with Crippen LogP contribution in [0.15, 0.2) is 54.6 Å². The first kappa shape index (κ1) is 19.2. The van der Waals surface area contributed by atoms with Crippen molar-refractivity contribution >= 4 is 28.9 Å². The van der Waals surface area contributed by atoms with E-state index >= 15 is 0 Å². The van der Waals surface area contributed by atoms with Gasteiger partial charge >= 0.3 is 5.97 Å². The van der Waals surface area contributed by atoms with Gasteiger partial charge in [-0.1, -0.05) is 55.8 Å². The van der Waals surface area contributed by atoms with Crippen LogP contribution in [-0.4, -0.2) is 34.6 Å². The quantitative estimate of drug-likeness (QED) is 0.471. The molecule has 0 fully saturated rings. The zero-order valence-corrected chi connectivity index (χ0v) is 16.7. The van der Waals surface area contributed by atoms with Gasteiger partial charge < -0.3 is 9.30 Å². The van der Waals surface area contributed by atoms with Crippen LogP contribution < -0.4 is 4.90 Å². The molecule has 0 N–H and O–H groups in total. The van der Waals surface area contributed by atoms with Gasteiger partial charge in [0.05, 0.1) is 23.7 Å². The average molecular weight is 391 g/mol. The average Bonchev–Trinajstić information content (AvgIpc) is 3.12. The summed E-state index contributed by atoms with van der Waals surface area (Å²) in [6.45, 7) is 4.59. The summed E-state index contributed by atoms with van der Waals surface area (Å²) in [5, 5.41) is 0. The van der Waals surface area contributed by atoms with Crippen LogP contribution in [0.3, 0.4) is 0 Å². The molecule has 0 spiro atoms. The molecule has 0 bridgehead atoms. The third-order valence-electron chi connectivity index (χ3n) is 5.36. The van der Waals surface area contributed by atoms with Gasteiger partial charge in [-0.15, -0.1) is 0 Å². The standard InChI is InChI=1S/C23H25N3O3/c1-3-5-15-25-21(27)19(22(28)29-4-2)20(16-11-7-6-8-12-16)26-18-14-10-9-13-17(18)24-23(25)26/h6-14,19-20H,3-5,15H2,1-2H3/t19-,20-/m0/s1. The third kappa shape index (κ3) is 3.28. The number of benzene rings is 2. The minimum Gasteiger partial charge on any atom is -0.465 e. The van der Waals surface area contributed by atoms with Crippen LogP contribution in [0.2, 0.25) is 0 Å². The van der Waals surface area contributed by atoms with E-state index in [2.05, 4.69) is 6.92 Å². The summed E-state index contributed by atoms with van der Waals surface area (Å²) in [7, 11) is 0. The monoisotopic (exact) mass is 391 g/mol. The predicted molar refractivity (Wildman–Crippen MR) is 112 cm³/mol. The molecule has 1 amide bonds. The molecular formula is C23H25N3O3. The highest BCUT2D eigenvalue weighted by Gasteiger charge is 2.47. The Bertz CT molecular complexity index is 1030. The summed E-state index contributed by atoms with van der Waals surface area (Å²) in [5.74, 6) is -1.08. The lowest BCUT2D eigenvalue weighted by Crippen LogP contribution is -2.50. The molecule has 2 heterocycles. The number of anilines is 1. The topological polar surface area (TPSA) is 64.4 Å². The molecule has 0 unspecified atom stereocenters. The van der Waals surface area contributed by atoms with Crippen molar-refractivity contribution in [2.24, 2.45) is 5.92 Å². The lowest BCUT2D eigenvalue weighted by Gasteiger charge is -2.38. The van der Waals surface area contributed by atoms with Crippen molar-refractivity contribution in [1.29, 1.82) is 0 Å². The fourth-order valence-corrected chi connectivity index (χ4v) is 4.03. The number of carbonyl (C=O) groups is 2. The Hall–Kier alpha value is -3.15. The van der Waals surface area contributed by atoms with Gasteiger partial charge in [0.1, 0.15) is 0 Å². The Morgan fingerprint density at radius 3 is 2.52 bits per heavy atom. The van der Waals surface area contributed by atoms with Gasteiger partial charge in [-0.3, -0.25) is 14.5 Å². The summed E-state index contributed by atoms with van der Waals surface area (Å²) in [5.41, 5.74) is 2.60. The van der Waals surface area contributed by atoms with Gasteiger partial charge in [0, 0.05) is 6.54 Å². The number of nitrogens with zero attached hydrogens (tertiary/aromatic N) is 3. The van der Waals surface area contributed by atoms with Gasteiger partial charge in [-0.25, -0.2) is 4.98 Å². The predicted octanol–water partition coefficient (Wildman–Crippen LogP) is 3.95. The van der Waals surface area contributed by atoms with Crippen molar-refractivity contribution < 1.29 is 14.3 Å². The Balaban J connectivity index is 1.97. The zero-order chi connectivity index (χ0) is 20.4. The molecule has 1 aliphatic heterocycles. The normalized spacial score (nSPS) is 18.7. The fourth-order valence-electron chi connectivity index (χ4n) is 4.03. The van der Waals surface area contributed by atoms with E-state index in [4.69, 9.17) is 9.72 Å². The van der Waals surface area contributed by atoms with Gasteiger partial charge in [-0.2, -0.15) is 0 Å². The van der Waals surface area contributed by atoms with Crippen LogP contribution in [-0.2, 0) is 14.3 Å². The first-order valence-corrected chi connectivity index (χ1v) is 10.2. The Kier molecular flexibility index (Phi) is 5.34. The second-order valence-electron chi connectivity index (χ2n) is 7.20. The molecule has 0 aliphatic carbocycles. The molecule has 3 aromatic rings. The summed E-state index contributed by atoms with van der Waals surface area (Å²) >= 11 is 0. The van der Waals surface area contributed by atoms with Gasteiger partial charge in [0.15, 0.2) is 5.92 Å². The first-order chi connectivity index (χ1) is 14.2. The number of unbranched alkanes of at least 4 members (excludes halogenated alkanes) is 1. The van der Waals surface area contributed by atoms with E-state index in [0.29, 0.717) is 12.5 Å². The molecule has 0 saturated heterocycles. The second kappa shape index (κ2) is 8.07. The lowest BCUT2D eigenvalue weighted by atomic mass is 9.89. The van der Waals surface area contributed by atoms with Crippen LogP contribution in [0, 0.1) is 5.92 Å². The number of rotatable bonds is 6. The maximum Gasteiger partial charge on any atom is 0.321 e. The zero-order valence-electron chi connectivity index (χ0n) is 16.7. The van der Waals surface area contributed by atoms with Gasteiger partial charge in [-0.05, 0) is 31.0 Å². The van der Waals surface area contributed by atoms with Crippen molar-refractivity contribution in [3.63, 3.8) is 0 Å². The fraction of sp³-hybridized carbons (Fsp3) is 0.348. The smallest absolute Gasteiger partial charge is 0.321 e. The van der Waals surface area contributed by atoms with E-state index in [-0.39, 0.29) is 12.5 Å². The molecule has 0 radical (unpaired) electrons. The Morgan fingerprint density at radius 1 is 1.07 bits per heavy atom. The van der Waals surface area contributed by atoms with Crippen LogP contribution in [0.4, 0.5) is 5.95 Å². The van der Waals surface area contributed by atoms with Crippen molar-refractivity contribution in [2.75, 3.05) is 18.1 Å². The summed E-state index contributed by atoms with van der Waals surface area (Å²) in [6.07, 6.45) is 1.77. The molecule has 6 nitrogen and oxygen atoms in total. The maximum atomic E-state index is 13.5. The number of aromatic nitrogens is 2. The van der Waals surface area contributed by atoms with Crippen LogP contribution in [0.1, 0.15) is 38.3 Å². The van der Waals surface area contributed by atoms with Crippen LogP contribution in [0.25, 0.3) is 11.0 Å². The number of ether oxygens (including phenoxy) is 1. The van der Waals surface area contributed by atoms with Crippen molar-refractivity contribution in [3.05, 3.63) is 60.2 Å². The number of hydrogen-bond acceptors (Lipinski definition) is 4. The Labute approximate surface area is 170 Å². The van der Waals surface area contributed by atoms with E-state index < -0.39 is 17.9 Å². The molecule has 4 rings (SSSR count). The molecule has 2 atom stereocenters. The number of carbonyl (C=O) groups excluding carboxylic acids is 2. The molecule has 2 aromatic carbocycles. The molecule has 150 valence electrons. The van der Waals surface area contributed by atoms with Crippen molar-refractivity contribution in [2.45, 2.75) is 32.7 Å². The van der Waals surface area contributed by atoms with E-state index in [1.165, 1.54) is 0 Å². The van der Waals surface area contributed by atoms with Gasteiger partial charge in [0.2, 0.25) is 11.9 Å². The summed E-state index contributed by atoms with van der Waals surface area (Å²) in [6, 6.07) is 17.0. The maximum absolute atomic E-state index is 13.5. The highest BCUT2D eigenvalue weighted by molar-refractivity contribution is 6.08. The molecular weight excluding hydrogens is 366 g/mol. The number of fused-ring (bicyclic) bond motifs is 3. The minimum absolute atomic E-state index is 0.233. The number of amides is 1. The third-order valence-corrected chi connectivity index (χ3v) is 5.36. The van der Waals surface area contributed by atoms with E-state index in [1.807, 2.05) is 59.2 Å². The van der Waals surface area contributed by atoms with Gasteiger partial charge in [0.25, 0.3) is 0 Å². The number of para-hydroxylation sites is 2. The molecule has 29 heavy (non-hydrogen) atoms. The summed E-state index contributed by atoms with van der Waals surface area (Å²) < 4.78 is 7.37. The van der Waals surface area contributed by atoms with Crippen molar-refractivity contribution in [3.8, 4) is 0 Å². The summed E-state index contributed by atoms with van der Waals surface area (Å²) in [4.78, 5) is 32.9. The second-order valence-corrected chi connectivity index (χ2v) is 7.20. The molecule has 6 heteroatoms. The van der Waals surface area contributed by atoms with E-state index in [1.54, 1.807) is 11.8 Å². The van der Waals surface area contributed by atoms with Crippen molar-refractivity contribution in [1.82, 2.24) is 9.55 Å². The molecule has 0 saturated carbocycles. The Morgan fingerprint density at radius 2 is 1.79 bits per heavy atom. The minimum atomic E-state index is -0.945. The van der Waals surface area contributed by atoms with Crippen LogP contribution >= 0.6 is 0 Å². The van der Waals surface area contributed by atoms with E-state index in [0.717, 1.165) is 29.4 Å². The van der Waals surface area contributed by atoms with Crippen LogP contribution in [0.5, 0.6) is 0 Å². The first-order valence-electron chi connectivity index (χ1n) is 10.2.